The normalized spacial score (nSPS) is 17.0. The highest BCUT2D eigenvalue weighted by atomic mass is 15.1. The van der Waals surface area contributed by atoms with E-state index in [0.717, 1.165) is 17.7 Å². The average molecular weight is 187 g/mol. The Bertz CT molecular complexity index is 329. The number of allylic oxidation sites excluding steroid dienone is 5. The molecule has 0 unspecified atom stereocenters. The van der Waals surface area contributed by atoms with Gasteiger partial charge in [0.1, 0.15) is 0 Å². The molecule has 1 nitrogen and oxygen atoms in total. The summed E-state index contributed by atoms with van der Waals surface area (Å²) in [5.41, 5.74) is 3.43. The minimum atomic E-state index is 0.989. The highest BCUT2D eigenvalue weighted by molar-refractivity contribution is 5.39. The molecule has 0 aromatic heterocycles. The molecule has 1 rings (SSSR count). The first-order chi connectivity index (χ1) is 6.67. The fourth-order valence-corrected chi connectivity index (χ4v) is 1.13. The molecule has 1 heterocycles. The molecule has 0 aliphatic carbocycles. The van der Waals surface area contributed by atoms with E-state index in [1.807, 2.05) is 29.3 Å². The van der Waals surface area contributed by atoms with Crippen molar-refractivity contribution in [2.24, 2.45) is 0 Å². The van der Waals surface area contributed by atoms with Gasteiger partial charge in [0.25, 0.3) is 0 Å². The Morgan fingerprint density at radius 2 is 2.21 bits per heavy atom. The lowest BCUT2D eigenvalue weighted by Crippen LogP contribution is -2.10. The second kappa shape index (κ2) is 4.66. The van der Waals surface area contributed by atoms with Crippen LogP contribution in [-0.2, 0) is 0 Å². The number of nitrogens with zero attached hydrogens (tertiary/aromatic N) is 1. The van der Waals surface area contributed by atoms with Crippen molar-refractivity contribution in [3.05, 3.63) is 60.6 Å². The van der Waals surface area contributed by atoms with E-state index in [0.29, 0.717) is 0 Å². The summed E-state index contributed by atoms with van der Waals surface area (Å²) in [6.45, 7) is 12.0. The van der Waals surface area contributed by atoms with E-state index in [2.05, 4.69) is 33.2 Å². The van der Waals surface area contributed by atoms with Crippen LogP contribution >= 0.6 is 0 Å². The summed E-state index contributed by atoms with van der Waals surface area (Å²) >= 11 is 0. The Morgan fingerprint density at radius 3 is 2.79 bits per heavy atom. The van der Waals surface area contributed by atoms with E-state index in [9.17, 15) is 0 Å². The zero-order valence-electron chi connectivity index (χ0n) is 8.96. The average Bonchev–Trinajstić information content (AvgIpc) is 2.21. The third-order valence-electron chi connectivity index (χ3n) is 2.24. The van der Waals surface area contributed by atoms with Gasteiger partial charge in [0, 0.05) is 18.1 Å². The third-order valence-corrected chi connectivity index (χ3v) is 2.24. The fourth-order valence-electron chi connectivity index (χ4n) is 1.13. The number of hydrogen-bond donors (Lipinski definition) is 0. The molecule has 0 amide bonds. The quantitative estimate of drug-likeness (QED) is 0.650. The van der Waals surface area contributed by atoms with Gasteiger partial charge in [-0.2, -0.15) is 0 Å². The molecule has 1 heteroatoms. The molecule has 1 aliphatic heterocycles. The minimum absolute atomic E-state index is 0.989. The van der Waals surface area contributed by atoms with E-state index in [1.54, 1.807) is 0 Å². The van der Waals surface area contributed by atoms with Gasteiger partial charge in [-0.1, -0.05) is 37.8 Å². The van der Waals surface area contributed by atoms with Crippen molar-refractivity contribution >= 4 is 0 Å². The first kappa shape index (κ1) is 10.6. The molecule has 0 N–H and O–H groups in total. The van der Waals surface area contributed by atoms with Crippen LogP contribution in [0.5, 0.6) is 0 Å². The zero-order chi connectivity index (χ0) is 10.6. The van der Waals surface area contributed by atoms with E-state index in [-0.39, 0.29) is 0 Å². The van der Waals surface area contributed by atoms with Crippen molar-refractivity contribution in [2.75, 3.05) is 0 Å². The Balaban J connectivity index is 2.88. The van der Waals surface area contributed by atoms with E-state index < -0.39 is 0 Å². The van der Waals surface area contributed by atoms with Crippen LogP contribution in [0.25, 0.3) is 0 Å². The lowest BCUT2D eigenvalue weighted by atomic mass is 10.1. The van der Waals surface area contributed by atoms with Gasteiger partial charge in [-0.25, -0.2) is 0 Å². The molecule has 1 aliphatic rings. The van der Waals surface area contributed by atoms with E-state index in [1.165, 1.54) is 5.57 Å². The van der Waals surface area contributed by atoms with Gasteiger partial charge in [-0.05, 0) is 25.0 Å². The fraction of sp³-hybridized carbons (Fsp3) is 0.231. The Morgan fingerprint density at radius 1 is 1.50 bits per heavy atom. The summed E-state index contributed by atoms with van der Waals surface area (Å²) in [5, 5.41) is 0. The number of rotatable bonds is 3. The van der Waals surface area contributed by atoms with Crippen LogP contribution in [0.15, 0.2) is 60.6 Å². The van der Waals surface area contributed by atoms with Crippen molar-refractivity contribution in [3.8, 4) is 0 Å². The van der Waals surface area contributed by atoms with Crippen LogP contribution in [0, 0.1) is 0 Å². The zero-order valence-corrected chi connectivity index (χ0v) is 8.96. The Kier molecular flexibility index (Phi) is 3.52. The molecule has 74 valence electrons. The third kappa shape index (κ3) is 2.49. The van der Waals surface area contributed by atoms with E-state index >= 15 is 0 Å². The van der Waals surface area contributed by atoms with Crippen molar-refractivity contribution in [3.63, 3.8) is 0 Å². The molecule has 0 aromatic rings. The molecule has 14 heavy (non-hydrogen) atoms. The molecule has 0 aromatic carbocycles. The monoisotopic (exact) mass is 187 g/mol. The molecular weight excluding hydrogens is 170 g/mol. The molecule has 0 radical (unpaired) electrons. The smallest absolute Gasteiger partial charge is 0.0377 e. The molecule has 0 atom stereocenters. The summed E-state index contributed by atoms with van der Waals surface area (Å²) in [6, 6.07) is 0. The summed E-state index contributed by atoms with van der Waals surface area (Å²) < 4.78 is 0. The van der Waals surface area contributed by atoms with Gasteiger partial charge in [0.15, 0.2) is 0 Å². The molecule has 0 fully saturated rings. The second-order valence-electron chi connectivity index (χ2n) is 3.39. The summed E-state index contributed by atoms with van der Waals surface area (Å²) in [4.78, 5) is 2.04. The first-order valence-corrected chi connectivity index (χ1v) is 4.84. The molecule has 0 bridgehead atoms. The van der Waals surface area contributed by atoms with Gasteiger partial charge in [-0.3, -0.25) is 0 Å². The maximum Gasteiger partial charge on any atom is 0.0377 e. The van der Waals surface area contributed by atoms with Gasteiger partial charge in [-0.15, -0.1) is 0 Å². The predicted octanol–water partition coefficient (Wildman–Crippen LogP) is 3.76. The maximum atomic E-state index is 3.97. The van der Waals surface area contributed by atoms with Crippen molar-refractivity contribution in [2.45, 2.75) is 20.3 Å². The standard InChI is InChI=1S/C13H17N/c1-5-11(3)9-14-10-13(6-2)8-7-12(14)4/h6-10H,2,4-5H2,1,3H3/b11-9+. The maximum absolute atomic E-state index is 3.97. The second-order valence-corrected chi connectivity index (χ2v) is 3.39. The molecule has 0 saturated carbocycles. The van der Waals surface area contributed by atoms with Gasteiger partial charge < -0.3 is 4.90 Å². The van der Waals surface area contributed by atoms with Gasteiger partial charge >= 0.3 is 0 Å². The van der Waals surface area contributed by atoms with Crippen LogP contribution in [-0.4, -0.2) is 4.90 Å². The van der Waals surface area contributed by atoms with Crippen molar-refractivity contribution in [1.29, 1.82) is 0 Å². The molecule has 0 saturated heterocycles. The van der Waals surface area contributed by atoms with Crippen LogP contribution in [0.4, 0.5) is 0 Å². The molecule has 0 spiro atoms. The number of hydrogen-bond acceptors (Lipinski definition) is 1. The van der Waals surface area contributed by atoms with Crippen molar-refractivity contribution < 1.29 is 0 Å². The highest BCUT2D eigenvalue weighted by Crippen LogP contribution is 2.17. The van der Waals surface area contributed by atoms with Crippen molar-refractivity contribution in [1.82, 2.24) is 4.90 Å². The molecular formula is C13H17N. The van der Waals surface area contributed by atoms with E-state index in [4.69, 9.17) is 0 Å². The minimum Gasteiger partial charge on any atom is -0.324 e. The van der Waals surface area contributed by atoms with Crippen LogP contribution in [0.2, 0.25) is 0 Å². The lowest BCUT2D eigenvalue weighted by Gasteiger charge is -2.21. The van der Waals surface area contributed by atoms with Gasteiger partial charge in [0.2, 0.25) is 0 Å². The SMILES string of the molecule is C=CC1=CN(/C=C(\C)CC)C(=C)C=C1. The van der Waals surface area contributed by atoms with Gasteiger partial charge in [0.05, 0.1) is 0 Å². The van der Waals surface area contributed by atoms with Crippen LogP contribution in [0.3, 0.4) is 0 Å². The van der Waals surface area contributed by atoms with Crippen LogP contribution < -0.4 is 0 Å². The Hall–Kier alpha value is -1.50. The predicted molar refractivity (Wildman–Crippen MR) is 62.4 cm³/mol. The van der Waals surface area contributed by atoms with Crippen LogP contribution in [0.1, 0.15) is 20.3 Å². The Labute approximate surface area is 86.4 Å². The summed E-state index contributed by atoms with van der Waals surface area (Å²) in [6.07, 6.45) is 11.1. The lowest BCUT2D eigenvalue weighted by molar-refractivity contribution is 0.634. The first-order valence-electron chi connectivity index (χ1n) is 4.84. The largest absolute Gasteiger partial charge is 0.324 e. The topological polar surface area (TPSA) is 3.24 Å². The summed E-state index contributed by atoms with van der Waals surface area (Å²) in [5.74, 6) is 0. The highest BCUT2D eigenvalue weighted by Gasteiger charge is 2.04. The summed E-state index contributed by atoms with van der Waals surface area (Å²) in [7, 11) is 0.